The van der Waals surface area contributed by atoms with Crippen molar-refractivity contribution in [2.75, 3.05) is 6.54 Å². The zero-order valence-electron chi connectivity index (χ0n) is 16.1. The molecule has 2 atom stereocenters. The summed E-state index contributed by atoms with van der Waals surface area (Å²) in [4.78, 5) is 6.94. The van der Waals surface area contributed by atoms with Gasteiger partial charge in [0.1, 0.15) is 5.65 Å². The third-order valence-corrected chi connectivity index (χ3v) is 5.05. The molecular formula is C20H31N3O2. The van der Waals surface area contributed by atoms with E-state index in [4.69, 9.17) is 9.72 Å². The number of nitrogens with zero attached hydrogens (tertiary/aromatic N) is 3. The van der Waals surface area contributed by atoms with E-state index in [0.29, 0.717) is 0 Å². The van der Waals surface area contributed by atoms with Crippen molar-refractivity contribution in [1.82, 2.24) is 14.3 Å². The fourth-order valence-electron chi connectivity index (χ4n) is 3.59. The minimum atomic E-state index is -0.855. The average Bonchev–Trinajstić information content (AvgIpc) is 2.93. The van der Waals surface area contributed by atoms with Crippen molar-refractivity contribution in [2.24, 2.45) is 0 Å². The maximum absolute atomic E-state index is 10.6. The number of rotatable bonds is 4. The molecule has 5 nitrogen and oxygen atoms in total. The number of aliphatic hydroxyl groups excluding tert-OH is 1. The van der Waals surface area contributed by atoms with E-state index in [1.165, 1.54) is 17.5 Å². The van der Waals surface area contributed by atoms with Crippen LogP contribution < -0.4 is 0 Å². The van der Waals surface area contributed by atoms with Gasteiger partial charge in [-0.1, -0.05) is 6.42 Å². The van der Waals surface area contributed by atoms with E-state index in [-0.39, 0.29) is 11.6 Å². The van der Waals surface area contributed by atoms with Crippen LogP contribution in [0.5, 0.6) is 0 Å². The van der Waals surface area contributed by atoms with Gasteiger partial charge in [0.15, 0.2) is 0 Å². The Morgan fingerprint density at radius 3 is 2.80 bits per heavy atom. The first-order valence-electron chi connectivity index (χ1n) is 9.30. The van der Waals surface area contributed by atoms with Crippen molar-refractivity contribution in [1.29, 1.82) is 0 Å². The zero-order chi connectivity index (χ0) is 18.2. The van der Waals surface area contributed by atoms with Gasteiger partial charge in [-0.05, 0) is 64.7 Å². The second-order valence-corrected chi connectivity index (χ2v) is 8.23. The van der Waals surface area contributed by atoms with Crippen LogP contribution >= 0.6 is 0 Å². The molecular weight excluding hydrogens is 314 g/mol. The van der Waals surface area contributed by atoms with E-state index in [1.54, 1.807) is 0 Å². The Morgan fingerprint density at radius 1 is 1.32 bits per heavy atom. The summed E-state index contributed by atoms with van der Waals surface area (Å²) in [7, 11) is 0. The van der Waals surface area contributed by atoms with Crippen LogP contribution in [-0.4, -0.2) is 44.0 Å². The lowest BCUT2D eigenvalue weighted by molar-refractivity contribution is -0.252. The molecule has 0 aromatic carbocycles. The number of fused-ring (bicyclic) bond motifs is 1. The van der Waals surface area contributed by atoms with Crippen LogP contribution in [0, 0.1) is 13.8 Å². The van der Waals surface area contributed by atoms with E-state index in [2.05, 4.69) is 41.6 Å². The van der Waals surface area contributed by atoms with Crippen LogP contribution in [-0.2, 0) is 11.2 Å². The summed E-state index contributed by atoms with van der Waals surface area (Å²) in [5.74, 6) is 0. The van der Waals surface area contributed by atoms with E-state index < -0.39 is 6.41 Å². The topological polar surface area (TPSA) is 50.0 Å². The Hall–Kier alpha value is -1.43. The molecule has 0 saturated carbocycles. The highest BCUT2D eigenvalue weighted by Crippen LogP contribution is 2.25. The summed E-state index contributed by atoms with van der Waals surface area (Å²) < 4.78 is 7.90. The average molecular weight is 345 g/mol. The second-order valence-electron chi connectivity index (χ2n) is 8.23. The van der Waals surface area contributed by atoms with Crippen LogP contribution in [0.15, 0.2) is 18.5 Å². The molecule has 2 aromatic rings. The van der Waals surface area contributed by atoms with Gasteiger partial charge < -0.3 is 14.2 Å². The number of imidazole rings is 1. The molecule has 3 heterocycles. The first-order valence-corrected chi connectivity index (χ1v) is 9.30. The smallest absolute Gasteiger partial charge is 0.216 e. The normalized spacial score (nSPS) is 21.0. The molecule has 1 unspecified atom stereocenters. The van der Waals surface area contributed by atoms with Crippen LogP contribution in [0.3, 0.4) is 0 Å². The van der Waals surface area contributed by atoms with Crippen molar-refractivity contribution < 1.29 is 9.84 Å². The minimum absolute atomic E-state index is 0.261. The number of hydrogen-bond acceptors (Lipinski definition) is 4. The Bertz CT molecular complexity index is 732. The first-order chi connectivity index (χ1) is 11.7. The lowest BCUT2D eigenvalue weighted by atomic mass is 9.98. The second kappa shape index (κ2) is 7.06. The number of hydrogen-bond donors (Lipinski definition) is 1. The maximum atomic E-state index is 10.6. The molecule has 25 heavy (non-hydrogen) atoms. The monoisotopic (exact) mass is 345 g/mol. The van der Waals surface area contributed by atoms with Gasteiger partial charge >= 0.3 is 0 Å². The summed E-state index contributed by atoms with van der Waals surface area (Å²) in [6, 6.07) is 2.39. The molecule has 1 N–H and O–H groups in total. The Balaban J connectivity index is 1.78. The van der Waals surface area contributed by atoms with Crippen molar-refractivity contribution in [3.63, 3.8) is 0 Å². The van der Waals surface area contributed by atoms with Crippen molar-refractivity contribution in [3.8, 4) is 0 Å². The first kappa shape index (κ1) is 18.4. The Kier molecular flexibility index (Phi) is 5.19. The molecule has 1 fully saturated rings. The highest BCUT2D eigenvalue weighted by molar-refractivity contribution is 5.51. The molecule has 0 aliphatic carbocycles. The number of ether oxygens (including phenoxy) is 1. The maximum Gasteiger partial charge on any atom is 0.216 e. The van der Waals surface area contributed by atoms with Crippen molar-refractivity contribution in [3.05, 3.63) is 35.3 Å². The molecule has 0 spiro atoms. The van der Waals surface area contributed by atoms with Gasteiger partial charge in [-0.15, -0.1) is 0 Å². The summed E-state index contributed by atoms with van der Waals surface area (Å²) in [5, 5.41) is 10.6. The fraction of sp³-hybridized carbons (Fsp3) is 0.650. The van der Waals surface area contributed by atoms with Gasteiger partial charge in [0.25, 0.3) is 0 Å². The number of piperidine rings is 1. The van der Waals surface area contributed by atoms with E-state index in [0.717, 1.165) is 37.1 Å². The fourth-order valence-corrected chi connectivity index (χ4v) is 3.59. The molecule has 0 bridgehead atoms. The van der Waals surface area contributed by atoms with E-state index in [1.807, 2.05) is 20.8 Å². The Morgan fingerprint density at radius 2 is 2.08 bits per heavy atom. The lowest BCUT2D eigenvalue weighted by Gasteiger charge is -2.40. The molecule has 2 aromatic heterocycles. The molecule has 5 heteroatoms. The molecule has 0 amide bonds. The molecule has 1 aliphatic rings. The predicted molar refractivity (Wildman–Crippen MR) is 99.6 cm³/mol. The van der Waals surface area contributed by atoms with Gasteiger partial charge in [-0.25, -0.2) is 4.98 Å². The van der Waals surface area contributed by atoms with Gasteiger partial charge in [0.2, 0.25) is 6.41 Å². The highest BCUT2D eigenvalue weighted by atomic mass is 16.6. The largest absolute Gasteiger partial charge is 0.356 e. The van der Waals surface area contributed by atoms with Gasteiger partial charge in [0.05, 0.1) is 11.3 Å². The molecule has 138 valence electrons. The molecule has 3 rings (SSSR count). The van der Waals surface area contributed by atoms with Crippen LogP contribution in [0.4, 0.5) is 0 Å². The summed E-state index contributed by atoms with van der Waals surface area (Å²) >= 11 is 0. The van der Waals surface area contributed by atoms with Crippen LogP contribution in [0.1, 0.15) is 56.9 Å². The van der Waals surface area contributed by atoms with E-state index in [9.17, 15) is 5.11 Å². The van der Waals surface area contributed by atoms with Gasteiger partial charge in [-0.3, -0.25) is 4.90 Å². The quantitative estimate of drug-likeness (QED) is 0.863. The molecule has 1 saturated heterocycles. The highest BCUT2D eigenvalue weighted by Gasteiger charge is 2.31. The summed E-state index contributed by atoms with van der Waals surface area (Å²) in [6.45, 7) is 11.0. The summed E-state index contributed by atoms with van der Waals surface area (Å²) in [6.07, 6.45) is 7.53. The van der Waals surface area contributed by atoms with Crippen molar-refractivity contribution in [2.45, 2.75) is 78.4 Å². The van der Waals surface area contributed by atoms with Crippen LogP contribution in [0.25, 0.3) is 5.65 Å². The Labute approximate surface area is 150 Å². The summed E-state index contributed by atoms with van der Waals surface area (Å²) in [5.41, 5.74) is 4.24. The lowest BCUT2D eigenvalue weighted by Crippen LogP contribution is -2.50. The number of likely N-dealkylation sites (tertiary alicyclic amines) is 1. The SMILES string of the molecule is Cc1ccn2cc(C[C@@H]3CCCCN3C(O)OC(C)(C)C)nc2c1C. The number of aliphatic hydroxyl groups is 1. The third-order valence-electron chi connectivity index (χ3n) is 5.05. The van der Waals surface area contributed by atoms with Gasteiger partial charge in [0, 0.05) is 31.4 Å². The minimum Gasteiger partial charge on any atom is -0.356 e. The number of pyridine rings is 1. The van der Waals surface area contributed by atoms with E-state index >= 15 is 0 Å². The third kappa shape index (κ3) is 4.22. The van der Waals surface area contributed by atoms with Gasteiger partial charge in [-0.2, -0.15) is 0 Å². The molecule has 1 aliphatic heterocycles. The predicted octanol–water partition coefficient (Wildman–Crippen LogP) is 3.44. The standard InChI is InChI=1S/C20H31N3O2/c1-14-9-11-22-13-16(21-18(22)15(14)2)12-17-8-6-7-10-23(17)19(24)25-20(3,4)5/h9,11,13,17,19,24H,6-8,10,12H2,1-5H3/t17-,19?/m0/s1. The molecule has 0 radical (unpaired) electrons. The van der Waals surface area contributed by atoms with Crippen molar-refractivity contribution >= 4 is 5.65 Å². The number of aromatic nitrogens is 2. The zero-order valence-corrected chi connectivity index (χ0v) is 16.1. The number of aryl methyl sites for hydroxylation is 2. The van der Waals surface area contributed by atoms with Crippen LogP contribution in [0.2, 0.25) is 0 Å².